The van der Waals surface area contributed by atoms with Crippen molar-refractivity contribution in [2.45, 2.75) is 0 Å². The van der Waals surface area contributed by atoms with E-state index in [1.165, 1.54) is 12.3 Å². The van der Waals surface area contributed by atoms with Crippen LogP contribution in [0.3, 0.4) is 0 Å². The monoisotopic (exact) mass is 417 g/mol. The van der Waals surface area contributed by atoms with Crippen LogP contribution in [-0.2, 0) is 4.79 Å². The molecule has 0 aliphatic rings. The summed E-state index contributed by atoms with van der Waals surface area (Å²) in [7, 11) is 0. The Labute approximate surface area is 168 Å². The summed E-state index contributed by atoms with van der Waals surface area (Å²) in [6.07, 6.45) is 2.39. The van der Waals surface area contributed by atoms with Crippen LogP contribution in [-0.4, -0.2) is 24.6 Å². The number of fused-ring (bicyclic) bond motifs is 1. The maximum Gasteiger partial charge on any atom is 0.259 e. The number of rotatable bonds is 5. The lowest BCUT2D eigenvalue weighted by atomic mass is 10.2. The lowest BCUT2D eigenvalue weighted by molar-refractivity contribution is -0.120. The Balaban J connectivity index is 1.58. The molecule has 142 valence electrons. The molecule has 0 atom stereocenters. The number of hydrogen-bond acceptors (Lipinski definition) is 5. The van der Waals surface area contributed by atoms with Crippen molar-refractivity contribution >= 4 is 52.2 Å². The number of amides is 2. The van der Waals surface area contributed by atoms with Crippen molar-refractivity contribution in [3.63, 3.8) is 0 Å². The van der Waals surface area contributed by atoms with E-state index in [4.69, 9.17) is 27.6 Å². The first-order chi connectivity index (χ1) is 13.4. The molecule has 7 nitrogen and oxygen atoms in total. The molecule has 0 fully saturated rings. The van der Waals surface area contributed by atoms with E-state index in [1.807, 2.05) is 0 Å². The largest absolute Gasteiger partial charge is 0.463 e. The highest BCUT2D eigenvalue weighted by Crippen LogP contribution is 2.16. The van der Waals surface area contributed by atoms with Gasteiger partial charge in [0.15, 0.2) is 0 Å². The fraction of sp³-hybridized carbons (Fsp3) is 0.0526. The van der Waals surface area contributed by atoms with E-state index in [0.29, 0.717) is 26.6 Å². The molecule has 0 aliphatic heterocycles. The summed E-state index contributed by atoms with van der Waals surface area (Å²) in [4.78, 5) is 36.1. The third-order valence-electron chi connectivity index (χ3n) is 3.67. The number of hydrazone groups is 1. The Morgan fingerprint density at radius 1 is 1.07 bits per heavy atom. The predicted molar refractivity (Wildman–Crippen MR) is 107 cm³/mol. The molecule has 28 heavy (non-hydrogen) atoms. The van der Waals surface area contributed by atoms with Gasteiger partial charge in [-0.15, -0.1) is 0 Å². The van der Waals surface area contributed by atoms with Gasteiger partial charge in [0.2, 0.25) is 5.43 Å². The van der Waals surface area contributed by atoms with Crippen molar-refractivity contribution in [2.24, 2.45) is 5.10 Å². The zero-order valence-corrected chi connectivity index (χ0v) is 15.8. The van der Waals surface area contributed by atoms with E-state index in [9.17, 15) is 14.4 Å². The number of hydrogen-bond donors (Lipinski definition) is 2. The average Bonchev–Trinajstić information content (AvgIpc) is 2.69. The summed E-state index contributed by atoms with van der Waals surface area (Å²) >= 11 is 11.6. The zero-order valence-electron chi connectivity index (χ0n) is 14.2. The lowest BCUT2D eigenvalue weighted by Gasteiger charge is -2.04. The van der Waals surface area contributed by atoms with Gasteiger partial charge in [-0.25, -0.2) is 5.43 Å². The minimum Gasteiger partial charge on any atom is -0.463 e. The second kappa shape index (κ2) is 8.69. The Kier molecular flexibility index (Phi) is 6.08. The van der Waals surface area contributed by atoms with Crippen molar-refractivity contribution in [1.82, 2.24) is 10.7 Å². The third kappa shape index (κ3) is 4.76. The van der Waals surface area contributed by atoms with E-state index in [1.54, 1.807) is 36.4 Å². The number of carbonyl (C=O) groups excluding carboxylic acids is 2. The second-order valence-electron chi connectivity index (χ2n) is 5.64. The van der Waals surface area contributed by atoms with Gasteiger partial charge >= 0.3 is 0 Å². The van der Waals surface area contributed by atoms with Crippen LogP contribution in [0.1, 0.15) is 15.9 Å². The highest BCUT2D eigenvalue weighted by Gasteiger charge is 2.08. The molecule has 9 heteroatoms. The van der Waals surface area contributed by atoms with Gasteiger partial charge in [0.25, 0.3) is 11.8 Å². The molecule has 0 saturated carbocycles. The topological polar surface area (TPSA) is 101 Å². The number of carbonyl (C=O) groups is 2. The molecule has 0 aliphatic carbocycles. The van der Waals surface area contributed by atoms with Crippen molar-refractivity contribution < 1.29 is 14.0 Å². The third-order valence-corrected chi connectivity index (χ3v) is 4.16. The molecule has 3 aromatic rings. The smallest absolute Gasteiger partial charge is 0.259 e. The van der Waals surface area contributed by atoms with Crippen LogP contribution in [0.25, 0.3) is 11.0 Å². The van der Waals surface area contributed by atoms with Gasteiger partial charge < -0.3 is 9.73 Å². The highest BCUT2D eigenvalue weighted by atomic mass is 35.5. The first kappa shape index (κ1) is 19.6. The standard InChI is InChI=1S/C19H13Cl2N3O4/c20-13-3-1-11(2-4-13)19(27)22-9-17(25)24-23-8-12-10-28-16-6-5-14(21)7-15(16)18(12)26/h1-8,10H,9H2,(H,22,27)(H,24,25). The summed E-state index contributed by atoms with van der Waals surface area (Å²) < 4.78 is 5.34. The maximum absolute atomic E-state index is 12.4. The van der Waals surface area contributed by atoms with Crippen LogP contribution in [0.15, 0.2) is 63.0 Å². The van der Waals surface area contributed by atoms with Crippen LogP contribution >= 0.6 is 23.2 Å². The van der Waals surface area contributed by atoms with Gasteiger partial charge in [0, 0.05) is 15.6 Å². The first-order valence-electron chi connectivity index (χ1n) is 8.01. The molecular formula is C19H13Cl2N3O4. The van der Waals surface area contributed by atoms with Gasteiger partial charge in [-0.3, -0.25) is 14.4 Å². The minimum absolute atomic E-state index is 0.139. The van der Waals surface area contributed by atoms with Crippen LogP contribution < -0.4 is 16.2 Å². The van der Waals surface area contributed by atoms with Crippen molar-refractivity contribution in [3.05, 3.63) is 80.1 Å². The molecule has 3 rings (SSSR count). The number of halogens is 2. The molecule has 2 N–H and O–H groups in total. The predicted octanol–water partition coefficient (Wildman–Crippen LogP) is 2.98. The number of nitrogens with one attached hydrogen (secondary N) is 2. The fourth-order valence-corrected chi connectivity index (χ4v) is 2.58. The Hall–Kier alpha value is -3.16. The summed E-state index contributed by atoms with van der Waals surface area (Å²) in [5.41, 5.74) is 2.78. The number of benzene rings is 2. The first-order valence-corrected chi connectivity index (χ1v) is 8.76. The summed E-state index contributed by atoms with van der Waals surface area (Å²) in [6.45, 7) is -0.291. The van der Waals surface area contributed by atoms with Gasteiger partial charge in [0.05, 0.1) is 23.7 Å². The summed E-state index contributed by atoms with van der Waals surface area (Å²) in [6, 6.07) is 10.9. The Morgan fingerprint density at radius 3 is 2.54 bits per heavy atom. The second-order valence-corrected chi connectivity index (χ2v) is 6.52. The summed E-state index contributed by atoms with van der Waals surface area (Å²) in [5, 5.41) is 7.36. The van der Waals surface area contributed by atoms with Crippen molar-refractivity contribution in [1.29, 1.82) is 0 Å². The molecule has 0 bridgehead atoms. The summed E-state index contributed by atoms with van der Waals surface area (Å²) in [5.74, 6) is -0.991. The van der Waals surface area contributed by atoms with E-state index in [2.05, 4.69) is 15.8 Å². The molecule has 0 spiro atoms. The Bertz CT molecular complexity index is 1120. The SMILES string of the molecule is O=C(CNC(=O)c1ccc(Cl)cc1)NN=Cc1coc2ccc(Cl)cc2c1=O. The zero-order chi connectivity index (χ0) is 20.1. The lowest BCUT2D eigenvalue weighted by Crippen LogP contribution is -2.35. The van der Waals surface area contributed by atoms with Crippen LogP contribution in [0.2, 0.25) is 10.0 Å². The molecule has 1 heterocycles. The maximum atomic E-state index is 12.4. The molecule has 0 saturated heterocycles. The van der Waals surface area contributed by atoms with Crippen molar-refractivity contribution in [3.8, 4) is 0 Å². The van der Waals surface area contributed by atoms with Gasteiger partial charge in [0.1, 0.15) is 11.8 Å². The highest BCUT2D eigenvalue weighted by molar-refractivity contribution is 6.31. The molecule has 1 aromatic heterocycles. The minimum atomic E-state index is -0.563. The van der Waals surface area contributed by atoms with E-state index < -0.39 is 11.8 Å². The molecule has 0 radical (unpaired) electrons. The van der Waals surface area contributed by atoms with Gasteiger partial charge in [-0.2, -0.15) is 5.10 Å². The number of nitrogens with zero attached hydrogens (tertiary/aromatic N) is 1. The molecule has 0 unspecified atom stereocenters. The van der Waals surface area contributed by atoms with Crippen LogP contribution in [0.5, 0.6) is 0 Å². The normalized spacial score (nSPS) is 10.9. The van der Waals surface area contributed by atoms with Crippen LogP contribution in [0.4, 0.5) is 0 Å². The van der Waals surface area contributed by atoms with E-state index in [0.717, 1.165) is 6.21 Å². The fourth-order valence-electron chi connectivity index (χ4n) is 2.28. The van der Waals surface area contributed by atoms with Gasteiger partial charge in [-0.05, 0) is 42.5 Å². The van der Waals surface area contributed by atoms with E-state index >= 15 is 0 Å². The molecule has 2 aromatic carbocycles. The van der Waals surface area contributed by atoms with E-state index in [-0.39, 0.29) is 17.5 Å². The quantitative estimate of drug-likeness (QED) is 0.492. The Morgan fingerprint density at radius 2 is 1.79 bits per heavy atom. The molecular weight excluding hydrogens is 405 g/mol. The van der Waals surface area contributed by atoms with Crippen LogP contribution in [0, 0.1) is 0 Å². The van der Waals surface area contributed by atoms with Gasteiger partial charge in [-0.1, -0.05) is 23.2 Å². The molecule has 2 amide bonds. The van der Waals surface area contributed by atoms with Crippen molar-refractivity contribution in [2.75, 3.05) is 6.54 Å². The average molecular weight is 418 g/mol.